The van der Waals surface area contributed by atoms with E-state index in [4.69, 9.17) is 17.3 Å². The molecule has 0 saturated carbocycles. The Labute approximate surface area is 132 Å². The minimum absolute atomic E-state index is 0.271. The summed E-state index contributed by atoms with van der Waals surface area (Å²) in [5, 5.41) is 0.666. The second-order valence-corrected chi connectivity index (χ2v) is 6.26. The van der Waals surface area contributed by atoms with Gasteiger partial charge < -0.3 is 5.73 Å². The van der Waals surface area contributed by atoms with Crippen molar-refractivity contribution in [3.63, 3.8) is 0 Å². The minimum atomic E-state index is -0.625. The molecular formula is C16H16BrClFN. The van der Waals surface area contributed by atoms with Gasteiger partial charge in [0, 0.05) is 15.0 Å². The van der Waals surface area contributed by atoms with Gasteiger partial charge in [-0.3, -0.25) is 0 Å². The van der Waals surface area contributed by atoms with Crippen LogP contribution in [0.5, 0.6) is 0 Å². The highest BCUT2D eigenvalue weighted by molar-refractivity contribution is 9.10. The zero-order chi connectivity index (χ0) is 14.8. The summed E-state index contributed by atoms with van der Waals surface area (Å²) in [5.41, 5.74) is 7.62. The average Bonchev–Trinajstić information content (AvgIpc) is 2.42. The molecule has 0 aliphatic heterocycles. The predicted octanol–water partition coefficient (Wildman–Crippen LogP) is 5.05. The van der Waals surface area contributed by atoms with E-state index in [9.17, 15) is 4.39 Å². The maximum atomic E-state index is 13.4. The second kappa shape index (κ2) is 6.25. The van der Waals surface area contributed by atoms with Crippen LogP contribution in [0.4, 0.5) is 4.39 Å². The molecule has 0 aliphatic carbocycles. The maximum Gasteiger partial charge on any atom is 0.123 e. The van der Waals surface area contributed by atoms with E-state index in [0.29, 0.717) is 17.9 Å². The van der Waals surface area contributed by atoms with Gasteiger partial charge in [-0.1, -0.05) is 52.7 Å². The highest BCUT2D eigenvalue weighted by atomic mass is 79.9. The number of rotatable bonds is 4. The zero-order valence-electron chi connectivity index (χ0n) is 11.2. The second-order valence-electron chi connectivity index (χ2n) is 4.93. The molecule has 0 heterocycles. The summed E-state index contributed by atoms with van der Waals surface area (Å²) in [5.74, 6) is -0.271. The summed E-state index contributed by atoms with van der Waals surface area (Å²) < 4.78 is 14.3. The largest absolute Gasteiger partial charge is 0.321 e. The lowest BCUT2D eigenvalue weighted by molar-refractivity contribution is 0.422. The molecule has 0 saturated heterocycles. The first-order valence-electron chi connectivity index (χ1n) is 6.43. The molecule has 0 spiro atoms. The third kappa shape index (κ3) is 3.40. The number of benzene rings is 2. The fourth-order valence-electron chi connectivity index (χ4n) is 2.23. The molecule has 2 N–H and O–H groups in total. The van der Waals surface area contributed by atoms with Crippen molar-refractivity contribution in [1.29, 1.82) is 0 Å². The Morgan fingerprint density at radius 3 is 2.60 bits per heavy atom. The SMILES string of the molecule is CCC(N)(Cc1ccc(Br)cc1Cl)c1cccc(F)c1. The maximum absolute atomic E-state index is 13.4. The summed E-state index contributed by atoms with van der Waals surface area (Å²) in [4.78, 5) is 0. The third-order valence-electron chi connectivity index (χ3n) is 3.55. The van der Waals surface area contributed by atoms with E-state index < -0.39 is 5.54 Å². The van der Waals surface area contributed by atoms with Crippen LogP contribution in [0.2, 0.25) is 5.02 Å². The van der Waals surface area contributed by atoms with Crippen molar-refractivity contribution < 1.29 is 4.39 Å². The topological polar surface area (TPSA) is 26.0 Å². The highest BCUT2D eigenvalue weighted by Gasteiger charge is 2.27. The average molecular weight is 357 g/mol. The van der Waals surface area contributed by atoms with Gasteiger partial charge in [0.2, 0.25) is 0 Å². The number of nitrogens with two attached hydrogens (primary N) is 1. The van der Waals surface area contributed by atoms with Crippen LogP contribution in [-0.4, -0.2) is 0 Å². The number of hydrogen-bond donors (Lipinski definition) is 1. The number of hydrogen-bond acceptors (Lipinski definition) is 1. The summed E-state index contributed by atoms with van der Waals surface area (Å²) >= 11 is 9.63. The van der Waals surface area contributed by atoms with Gasteiger partial charge in [-0.2, -0.15) is 0 Å². The molecule has 0 fully saturated rings. The third-order valence-corrected chi connectivity index (χ3v) is 4.40. The molecule has 0 radical (unpaired) electrons. The van der Waals surface area contributed by atoms with E-state index in [0.717, 1.165) is 15.6 Å². The summed E-state index contributed by atoms with van der Waals surface area (Å²) in [7, 11) is 0. The van der Waals surface area contributed by atoms with Crippen LogP contribution in [0, 0.1) is 5.82 Å². The lowest BCUT2D eigenvalue weighted by atomic mass is 9.82. The van der Waals surface area contributed by atoms with Crippen molar-refractivity contribution in [1.82, 2.24) is 0 Å². The van der Waals surface area contributed by atoms with Crippen molar-refractivity contribution >= 4 is 27.5 Å². The Morgan fingerprint density at radius 1 is 1.25 bits per heavy atom. The van der Waals surface area contributed by atoms with Crippen molar-refractivity contribution in [2.24, 2.45) is 5.73 Å². The molecule has 0 aromatic heterocycles. The van der Waals surface area contributed by atoms with Gasteiger partial charge in [-0.25, -0.2) is 4.39 Å². The van der Waals surface area contributed by atoms with Gasteiger partial charge in [0.1, 0.15) is 5.82 Å². The van der Waals surface area contributed by atoms with E-state index in [1.807, 2.05) is 31.2 Å². The van der Waals surface area contributed by atoms with Crippen molar-refractivity contribution in [3.05, 3.63) is 68.9 Å². The van der Waals surface area contributed by atoms with Gasteiger partial charge in [0.05, 0.1) is 0 Å². The van der Waals surface area contributed by atoms with Crippen molar-refractivity contribution in [2.75, 3.05) is 0 Å². The first-order chi connectivity index (χ1) is 9.44. The van der Waals surface area contributed by atoms with Gasteiger partial charge in [0.15, 0.2) is 0 Å². The molecule has 2 aromatic carbocycles. The van der Waals surface area contributed by atoms with E-state index >= 15 is 0 Å². The van der Waals surface area contributed by atoms with Crippen LogP contribution in [0.15, 0.2) is 46.9 Å². The van der Waals surface area contributed by atoms with Crippen molar-refractivity contribution in [3.8, 4) is 0 Å². The van der Waals surface area contributed by atoms with Crippen LogP contribution in [0.1, 0.15) is 24.5 Å². The molecule has 4 heteroatoms. The molecular weight excluding hydrogens is 341 g/mol. The molecule has 0 aliphatic rings. The summed E-state index contributed by atoms with van der Waals surface area (Å²) in [6.45, 7) is 2.00. The van der Waals surface area contributed by atoms with Gasteiger partial charge in [-0.05, 0) is 48.2 Å². The van der Waals surface area contributed by atoms with Crippen LogP contribution >= 0.6 is 27.5 Å². The smallest absolute Gasteiger partial charge is 0.123 e. The number of halogens is 3. The van der Waals surface area contributed by atoms with Crippen LogP contribution in [-0.2, 0) is 12.0 Å². The fourth-order valence-corrected chi connectivity index (χ4v) is 2.97. The molecule has 0 amide bonds. The molecule has 106 valence electrons. The Hall–Kier alpha value is -0.900. The molecule has 1 nitrogen and oxygen atoms in total. The van der Waals surface area contributed by atoms with Crippen molar-refractivity contribution in [2.45, 2.75) is 25.3 Å². The van der Waals surface area contributed by atoms with E-state index in [1.54, 1.807) is 6.07 Å². The Bertz CT molecular complexity index is 617. The normalized spacial score (nSPS) is 14.1. The standard InChI is InChI=1S/C16H16BrClFN/c1-2-16(20,12-4-3-5-14(19)8-12)10-11-6-7-13(17)9-15(11)18/h3-9H,2,10,20H2,1H3. The highest BCUT2D eigenvalue weighted by Crippen LogP contribution is 2.31. The molecule has 1 atom stereocenters. The van der Waals surface area contributed by atoms with E-state index in [2.05, 4.69) is 15.9 Å². The van der Waals surface area contributed by atoms with Gasteiger partial charge in [-0.15, -0.1) is 0 Å². The summed E-state index contributed by atoms with van der Waals surface area (Å²) in [6, 6.07) is 12.2. The summed E-state index contributed by atoms with van der Waals surface area (Å²) in [6.07, 6.45) is 1.27. The quantitative estimate of drug-likeness (QED) is 0.815. The van der Waals surface area contributed by atoms with Gasteiger partial charge >= 0.3 is 0 Å². The molecule has 2 aromatic rings. The van der Waals surface area contributed by atoms with Crippen LogP contribution < -0.4 is 5.73 Å². The fraction of sp³-hybridized carbons (Fsp3) is 0.250. The Morgan fingerprint density at radius 2 is 2.00 bits per heavy atom. The van der Waals surface area contributed by atoms with Crippen LogP contribution in [0.25, 0.3) is 0 Å². The Balaban J connectivity index is 2.36. The Kier molecular flexibility index (Phi) is 4.84. The first kappa shape index (κ1) is 15.5. The molecule has 20 heavy (non-hydrogen) atoms. The molecule has 1 unspecified atom stereocenters. The van der Waals surface area contributed by atoms with Gasteiger partial charge in [0.25, 0.3) is 0 Å². The first-order valence-corrected chi connectivity index (χ1v) is 7.60. The van der Waals surface area contributed by atoms with Crippen LogP contribution in [0.3, 0.4) is 0 Å². The lowest BCUT2D eigenvalue weighted by Crippen LogP contribution is -2.38. The monoisotopic (exact) mass is 355 g/mol. The van der Waals surface area contributed by atoms with E-state index in [-0.39, 0.29) is 5.82 Å². The molecule has 2 rings (SSSR count). The zero-order valence-corrected chi connectivity index (χ0v) is 13.5. The minimum Gasteiger partial charge on any atom is -0.321 e. The molecule has 0 bridgehead atoms. The predicted molar refractivity (Wildman–Crippen MR) is 85.4 cm³/mol. The lowest BCUT2D eigenvalue weighted by Gasteiger charge is -2.29. The van der Waals surface area contributed by atoms with E-state index in [1.165, 1.54) is 12.1 Å².